The monoisotopic (exact) mass is 317 g/mol. The van der Waals surface area contributed by atoms with E-state index in [1.807, 2.05) is 30.3 Å². The Labute approximate surface area is 134 Å². The number of esters is 1. The van der Waals surface area contributed by atoms with Crippen LogP contribution in [0.25, 0.3) is 0 Å². The maximum Gasteiger partial charge on any atom is 0.325 e. The van der Waals surface area contributed by atoms with Crippen molar-refractivity contribution in [3.05, 3.63) is 70.7 Å². The van der Waals surface area contributed by atoms with Crippen molar-refractivity contribution in [3.8, 4) is 0 Å². The zero-order chi connectivity index (χ0) is 15.8. The Kier molecular flexibility index (Phi) is 5.98. The third-order valence-electron chi connectivity index (χ3n) is 2.95. The molecule has 0 atom stereocenters. The number of nitrogens with one attached hydrogen (secondary N) is 1. The molecule has 1 amide bonds. The van der Waals surface area contributed by atoms with E-state index in [9.17, 15) is 9.59 Å². The fraction of sp³-hybridized carbons (Fsp3) is 0.176. The minimum absolute atomic E-state index is 0.140. The first-order chi connectivity index (χ1) is 10.6. The van der Waals surface area contributed by atoms with Crippen LogP contribution in [0.1, 0.15) is 11.1 Å². The molecule has 114 valence electrons. The quantitative estimate of drug-likeness (QED) is 0.833. The van der Waals surface area contributed by atoms with Crippen LogP contribution in [0.5, 0.6) is 0 Å². The van der Waals surface area contributed by atoms with E-state index in [-0.39, 0.29) is 25.5 Å². The molecule has 0 aromatic heterocycles. The second-order valence-electron chi connectivity index (χ2n) is 4.73. The average molecular weight is 318 g/mol. The van der Waals surface area contributed by atoms with Crippen LogP contribution < -0.4 is 5.32 Å². The molecule has 0 aliphatic heterocycles. The third-order valence-corrected chi connectivity index (χ3v) is 3.20. The number of hydrogen-bond acceptors (Lipinski definition) is 3. The summed E-state index contributed by atoms with van der Waals surface area (Å²) in [5.74, 6) is -0.702. The summed E-state index contributed by atoms with van der Waals surface area (Å²) in [5.41, 5.74) is 1.74. The van der Waals surface area contributed by atoms with Crippen molar-refractivity contribution in [2.75, 3.05) is 6.54 Å². The highest BCUT2D eigenvalue weighted by Crippen LogP contribution is 2.09. The van der Waals surface area contributed by atoms with Crippen LogP contribution in [0, 0.1) is 0 Å². The average Bonchev–Trinajstić information content (AvgIpc) is 2.54. The number of rotatable bonds is 6. The van der Waals surface area contributed by atoms with Crippen LogP contribution >= 0.6 is 11.6 Å². The van der Waals surface area contributed by atoms with Gasteiger partial charge in [-0.2, -0.15) is 0 Å². The Hall–Kier alpha value is -2.33. The summed E-state index contributed by atoms with van der Waals surface area (Å²) < 4.78 is 5.07. The van der Waals surface area contributed by atoms with Crippen molar-refractivity contribution in [2.24, 2.45) is 0 Å². The number of ether oxygens (including phenoxy) is 1. The molecule has 0 radical (unpaired) electrons. The minimum Gasteiger partial charge on any atom is -0.460 e. The van der Waals surface area contributed by atoms with Gasteiger partial charge in [-0.1, -0.05) is 54.1 Å². The first-order valence-corrected chi connectivity index (χ1v) is 7.22. The maximum atomic E-state index is 11.7. The maximum absolute atomic E-state index is 11.7. The van der Waals surface area contributed by atoms with E-state index in [4.69, 9.17) is 16.3 Å². The molecule has 0 aliphatic rings. The Morgan fingerprint density at radius 2 is 1.64 bits per heavy atom. The van der Waals surface area contributed by atoms with E-state index in [1.54, 1.807) is 24.3 Å². The largest absolute Gasteiger partial charge is 0.460 e. The van der Waals surface area contributed by atoms with Crippen molar-refractivity contribution >= 4 is 23.5 Å². The van der Waals surface area contributed by atoms with Crippen LogP contribution in [0.2, 0.25) is 5.02 Å². The lowest BCUT2D eigenvalue weighted by atomic mass is 10.1. The van der Waals surface area contributed by atoms with Crippen molar-refractivity contribution in [1.29, 1.82) is 0 Å². The summed E-state index contributed by atoms with van der Waals surface area (Å²) in [4.78, 5) is 23.3. The number of hydrogen-bond donors (Lipinski definition) is 1. The van der Waals surface area contributed by atoms with Gasteiger partial charge in [-0.15, -0.1) is 0 Å². The van der Waals surface area contributed by atoms with Gasteiger partial charge in [0.05, 0.1) is 6.42 Å². The first kappa shape index (κ1) is 16.0. The van der Waals surface area contributed by atoms with Gasteiger partial charge in [0.1, 0.15) is 13.2 Å². The van der Waals surface area contributed by atoms with Gasteiger partial charge in [0, 0.05) is 5.02 Å². The summed E-state index contributed by atoms with van der Waals surface area (Å²) in [6.45, 7) is 0.0615. The van der Waals surface area contributed by atoms with E-state index < -0.39 is 5.97 Å². The molecule has 0 saturated carbocycles. The van der Waals surface area contributed by atoms with Gasteiger partial charge < -0.3 is 10.1 Å². The molecule has 4 nitrogen and oxygen atoms in total. The summed E-state index contributed by atoms with van der Waals surface area (Å²) in [6, 6.07) is 16.4. The highest BCUT2D eigenvalue weighted by molar-refractivity contribution is 6.30. The fourth-order valence-corrected chi connectivity index (χ4v) is 1.94. The van der Waals surface area contributed by atoms with E-state index in [0.717, 1.165) is 11.1 Å². The lowest BCUT2D eigenvalue weighted by molar-refractivity contribution is -0.145. The minimum atomic E-state index is -0.465. The molecule has 5 heteroatoms. The molecule has 0 spiro atoms. The van der Waals surface area contributed by atoms with Crippen molar-refractivity contribution in [2.45, 2.75) is 13.0 Å². The van der Waals surface area contributed by atoms with Gasteiger partial charge in [0.2, 0.25) is 5.91 Å². The standard InChI is InChI=1S/C17H16ClNO3/c18-15-8-6-13(7-9-15)10-16(20)19-11-17(21)22-12-14-4-2-1-3-5-14/h1-9H,10-12H2,(H,19,20). The molecule has 0 aliphatic carbocycles. The van der Waals surface area contributed by atoms with Crippen LogP contribution in [0.15, 0.2) is 54.6 Å². The second kappa shape index (κ2) is 8.20. The van der Waals surface area contributed by atoms with Crippen LogP contribution in [0.4, 0.5) is 0 Å². The predicted molar refractivity (Wildman–Crippen MR) is 84.4 cm³/mol. The predicted octanol–water partition coefficient (Wildman–Crippen LogP) is 2.74. The van der Waals surface area contributed by atoms with Gasteiger partial charge in [0.25, 0.3) is 0 Å². The van der Waals surface area contributed by atoms with E-state index >= 15 is 0 Å². The SMILES string of the molecule is O=C(Cc1ccc(Cl)cc1)NCC(=O)OCc1ccccc1. The summed E-state index contributed by atoms with van der Waals surface area (Å²) >= 11 is 5.77. The molecule has 0 fully saturated rings. The topological polar surface area (TPSA) is 55.4 Å². The lowest BCUT2D eigenvalue weighted by Gasteiger charge is -2.07. The smallest absolute Gasteiger partial charge is 0.325 e. The van der Waals surface area contributed by atoms with Gasteiger partial charge in [-0.05, 0) is 23.3 Å². The normalized spacial score (nSPS) is 10.0. The Morgan fingerprint density at radius 3 is 2.32 bits per heavy atom. The highest BCUT2D eigenvalue weighted by Gasteiger charge is 2.07. The molecular formula is C17H16ClNO3. The molecule has 2 aromatic rings. The number of amides is 1. The van der Waals surface area contributed by atoms with Gasteiger partial charge in [-0.3, -0.25) is 9.59 Å². The van der Waals surface area contributed by atoms with Gasteiger partial charge >= 0.3 is 5.97 Å². The van der Waals surface area contributed by atoms with E-state index in [1.165, 1.54) is 0 Å². The molecule has 2 aromatic carbocycles. The molecular weight excluding hydrogens is 302 g/mol. The third kappa shape index (κ3) is 5.58. The van der Waals surface area contributed by atoms with Crippen molar-refractivity contribution in [3.63, 3.8) is 0 Å². The highest BCUT2D eigenvalue weighted by atomic mass is 35.5. The Morgan fingerprint density at radius 1 is 0.955 bits per heavy atom. The fourth-order valence-electron chi connectivity index (χ4n) is 1.81. The van der Waals surface area contributed by atoms with E-state index in [2.05, 4.69) is 5.32 Å². The number of carbonyl (C=O) groups excluding carboxylic acids is 2. The number of carbonyl (C=O) groups is 2. The molecule has 0 unspecified atom stereocenters. The summed E-state index contributed by atoms with van der Waals surface area (Å²) in [7, 11) is 0. The summed E-state index contributed by atoms with van der Waals surface area (Å²) in [5, 5.41) is 3.15. The second-order valence-corrected chi connectivity index (χ2v) is 5.16. The van der Waals surface area contributed by atoms with Crippen LogP contribution in [-0.2, 0) is 27.4 Å². The van der Waals surface area contributed by atoms with E-state index in [0.29, 0.717) is 5.02 Å². The zero-order valence-electron chi connectivity index (χ0n) is 11.9. The molecule has 2 rings (SSSR count). The van der Waals surface area contributed by atoms with Crippen molar-refractivity contribution in [1.82, 2.24) is 5.32 Å². The Bertz CT molecular complexity index is 626. The number of halogens is 1. The molecule has 1 N–H and O–H groups in total. The summed E-state index contributed by atoms with van der Waals surface area (Å²) in [6.07, 6.45) is 0.198. The number of benzene rings is 2. The lowest BCUT2D eigenvalue weighted by Crippen LogP contribution is -2.31. The molecule has 0 heterocycles. The van der Waals surface area contributed by atoms with Crippen molar-refractivity contribution < 1.29 is 14.3 Å². The van der Waals surface area contributed by atoms with Gasteiger partial charge in [-0.25, -0.2) is 0 Å². The Balaban J connectivity index is 1.69. The van der Waals surface area contributed by atoms with Crippen LogP contribution in [-0.4, -0.2) is 18.4 Å². The zero-order valence-corrected chi connectivity index (χ0v) is 12.7. The first-order valence-electron chi connectivity index (χ1n) is 6.84. The van der Waals surface area contributed by atoms with Crippen LogP contribution in [0.3, 0.4) is 0 Å². The molecule has 22 heavy (non-hydrogen) atoms. The molecule has 0 bridgehead atoms. The van der Waals surface area contributed by atoms with Gasteiger partial charge in [0.15, 0.2) is 0 Å². The molecule has 0 saturated heterocycles.